The van der Waals surface area contributed by atoms with E-state index in [0.29, 0.717) is 0 Å². The van der Waals surface area contributed by atoms with Crippen LogP contribution in [0.3, 0.4) is 0 Å². The van der Waals surface area contributed by atoms with Gasteiger partial charge in [-0.25, -0.2) is 0 Å². The van der Waals surface area contributed by atoms with Gasteiger partial charge in [-0.05, 0) is 34.7 Å². The highest BCUT2D eigenvalue weighted by atomic mass is 127. The summed E-state index contributed by atoms with van der Waals surface area (Å²) in [6.45, 7) is 0. The third kappa shape index (κ3) is 1.89. The Hall–Kier alpha value is -0.185. The summed E-state index contributed by atoms with van der Waals surface area (Å²) in [6, 6.07) is 6.01. The van der Waals surface area contributed by atoms with Crippen LogP contribution in [0, 0.1) is 3.57 Å². The first-order chi connectivity index (χ1) is 4.18. The highest BCUT2D eigenvalue weighted by Gasteiger charge is 1.89. The van der Waals surface area contributed by atoms with Gasteiger partial charge in [0, 0.05) is 9.26 Å². The summed E-state index contributed by atoms with van der Waals surface area (Å²) in [5.41, 5.74) is 7.62. The normalized spacial score (nSPS) is 9.44. The van der Waals surface area contributed by atoms with Gasteiger partial charge in [-0.2, -0.15) is 0 Å². The van der Waals surface area contributed by atoms with Crippen LogP contribution in [-0.2, 0) is 0 Å². The minimum Gasteiger partial charge on any atom is -0.399 e. The summed E-state index contributed by atoms with van der Waals surface area (Å²) >= 11 is 2.25. The molecule has 0 spiro atoms. The van der Waals surface area contributed by atoms with Crippen LogP contribution in [0.2, 0.25) is 0 Å². The third-order valence-corrected chi connectivity index (χ3v) is 1.69. The Kier molecular flexibility index (Phi) is 2.00. The molecule has 0 fully saturated rings. The van der Waals surface area contributed by atoms with E-state index in [4.69, 9.17) is 5.73 Å². The number of benzene rings is 1. The van der Waals surface area contributed by atoms with E-state index in [-0.39, 0.29) is 0 Å². The van der Waals surface area contributed by atoms with Gasteiger partial charge in [0.15, 0.2) is 0 Å². The molecule has 0 radical (unpaired) electrons. The van der Waals surface area contributed by atoms with Crippen LogP contribution >= 0.6 is 22.6 Å². The largest absolute Gasteiger partial charge is 0.399 e. The first kappa shape index (κ1) is 6.93. The molecule has 46 valence electrons. The zero-order valence-corrected chi connectivity index (χ0v) is 7.34. The third-order valence-electron chi connectivity index (χ3n) is 1.06. The number of nitrogen functional groups attached to an aromatic ring is 1. The van der Waals surface area contributed by atoms with Crippen LogP contribution in [0.4, 0.5) is 5.69 Å². The van der Waals surface area contributed by atoms with E-state index in [9.17, 15) is 0 Å². The SMILES string of the molecule is Bc1cc(N)cc(I)c1. The predicted molar refractivity (Wildman–Crippen MR) is 51.7 cm³/mol. The van der Waals surface area contributed by atoms with Crippen molar-refractivity contribution in [3.8, 4) is 0 Å². The van der Waals surface area contributed by atoms with E-state index in [0.717, 1.165) is 5.69 Å². The van der Waals surface area contributed by atoms with E-state index < -0.39 is 0 Å². The summed E-state index contributed by atoms with van der Waals surface area (Å²) in [6.07, 6.45) is 0. The van der Waals surface area contributed by atoms with Gasteiger partial charge in [0.1, 0.15) is 7.85 Å². The summed E-state index contributed by atoms with van der Waals surface area (Å²) in [5.74, 6) is 0. The van der Waals surface area contributed by atoms with Crippen molar-refractivity contribution in [1.82, 2.24) is 0 Å². The van der Waals surface area contributed by atoms with Gasteiger partial charge in [-0.15, -0.1) is 0 Å². The molecule has 0 aliphatic heterocycles. The lowest BCUT2D eigenvalue weighted by Crippen LogP contribution is -2.03. The summed E-state index contributed by atoms with van der Waals surface area (Å²) in [5, 5.41) is 0. The fourth-order valence-electron chi connectivity index (χ4n) is 0.765. The predicted octanol–water partition coefficient (Wildman–Crippen LogP) is 0.132. The second-order valence-electron chi connectivity index (χ2n) is 2.06. The fourth-order valence-corrected chi connectivity index (χ4v) is 1.62. The molecule has 0 aliphatic carbocycles. The van der Waals surface area contributed by atoms with Crippen molar-refractivity contribution in [2.45, 2.75) is 0 Å². The number of nitrogens with two attached hydrogens (primary N) is 1. The van der Waals surface area contributed by atoms with Crippen molar-refractivity contribution in [3.63, 3.8) is 0 Å². The van der Waals surface area contributed by atoms with E-state index in [1.165, 1.54) is 9.03 Å². The average Bonchev–Trinajstić information content (AvgIpc) is 1.59. The molecule has 0 aliphatic rings. The number of rotatable bonds is 0. The molecule has 9 heavy (non-hydrogen) atoms. The number of halogens is 1. The minimum atomic E-state index is 0.847. The molecule has 1 aromatic carbocycles. The molecular weight excluding hydrogens is 224 g/mol. The van der Waals surface area contributed by atoms with Gasteiger partial charge >= 0.3 is 0 Å². The van der Waals surface area contributed by atoms with Crippen LogP contribution < -0.4 is 11.2 Å². The van der Waals surface area contributed by atoms with E-state index in [1.54, 1.807) is 0 Å². The summed E-state index contributed by atoms with van der Waals surface area (Å²) in [4.78, 5) is 0. The second kappa shape index (κ2) is 2.60. The van der Waals surface area contributed by atoms with Gasteiger partial charge in [0.2, 0.25) is 0 Å². The molecule has 3 heteroatoms. The summed E-state index contributed by atoms with van der Waals surface area (Å²) in [7, 11) is 2.04. The first-order valence-corrected chi connectivity index (χ1v) is 3.79. The number of hydrogen-bond acceptors (Lipinski definition) is 1. The molecule has 0 unspecified atom stereocenters. The van der Waals surface area contributed by atoms with Gasteiger partial charge in [0.25, 0.3) is 0 Å². The summed E-state index contributed by atoms with van der Waals surface area (Å²) < 4.78 is 1.20. The van der Waals surface area contributed by atoms with Gasteiger partial charge in [-0.3, -0.25) is 0 Å². The van der Waals surface area contributed by atoms with Crippen LogP contribution in [0.5, 0.6) is 0 Å². The van der Waals surface area contributed by atoms with Crippen molar-refractivity contribution in [2.75, 3.05) is 5.73 Å². The highest BCUT2D eigenvalue weighted by molar-refractivity contribution is 14.1. The minimum absolute atomic E-state index is 0.847. The molecule has 1 rings (SSSR count). The standard InChI is InChI=1S/C6H7BIN/c7-4-1-5(8)3-6(9)2-4/h1-3H,7,9H2. The van der Waals surface area contributed by atoms with E-state index in [2.05, 4.69) is 28.7 Å². The Labute approximate surface area is 69.2 Å². The van der Waals surface area contributed by atoms with E-state index in [1.807, 2.05) is 20.0 Å². The zero-order valence-electron chi connectivity index (χ0n) is 5.19. The molecule has 0 atom stereocenters. The van der Waals surface area contributed by atoms with Crippen molar-refractivity contribution in [1.29, 1.82) is 0 Å². The molecule has 0 saturated heterocycles. The molecule has 2 N–H and O–H groups in total. The van der Waals surface area contributed by atoms with Gasteiger partial charge < -0.3 is 5.73 Å². The lowest BCUT2D eigenvalue weighted by atomic mass is 9.96. The molecule has 0 amide bonds. The van der Waals surface area contributed by atoms with Crippen molar-refractivity contribution in [2.24, 2.45) is 0 Å². The van der Waals surface area contributed by atoms with Crippen molar-refractivity contribution >= 4 is 41.6 Å². The smallest absolute Gasteiger partial charge is 0.139 e. The quantitative estimate of drug-likeness (QED) is 0.383. The molecule has 0 bridgehead atoms. The lowest BCUT2D eigenvalue weighted by Gasteiger charge is -1.95. The monoisotopic (exact) mass is 231 g/mol. The topological polar surface area (TPSA) is 26.0 Å². The van der Waals surface area contributed by atoms with Crippen molar-refractivity contribution in [3.05, 3.63) is 21.8 Å². The van der Waals surface area contributed by atoms with E-state index >= 15 is 0 Å². The Bertz CT molecular complexity index is 174. The average molecular weight is 231 g/mol. The molecular formula is C6H7BIN. The van der Waals surface area contributed by atoms with Gasteiger partial charge in [0.05, 0.1) is 0 Å². The molecule has 0 heterocycles. The van der Waals surface area contributed by atoms with Crippen LogP contribution in [0.1, 0.15) is 0 Å². The van der Waals surface area contributed by atoms with Crippen LogP contribution in [0.25, 0.3) is 0 Å². The maximum atomic E-state index is 5.55. The Morgan fingerprint density at radius 1 is 1.33 bits per heavy atom. The Morgan fingerprint density at radius 3 is 2.44 bits per heavy atom. The lowest BCUT2D eigenvalue weighted by molar-refractivity contribution is 1.67. The van der Waals surface area contributed by atoms with Crippen molar-refractivity contribution < 1.29 is 0 Å². The zero-order chi connectivity index (χ0) is 6.85. The second-order valence-corrected chi connectivity index (χ2v) is 3.31. The Balaban J connectivity index is 3.17. The maximum absolute atomic E-state index is 5.55. The van der Waals surface area contributed by atoms with Crippen LogP contribution in [0.15, 0.2) is 18.2 Å². The molecule has 0 saturated carbocycles. The highest BCUT2D eigenvalue weighted by Crippen LogP contribution is 2.05. The maximum Gasteiger partial charge on any atom is 0.139 e. The van der Waals surface area contributed by atoms with Crippen LogP contribution in [-0.4, -0.2) is 7.85 Å². The fraction of sp³-hybridized carbons (Fsp3) is 0. The molecule has 1 aromatic rings. The van der Waals surface area contributed by atoms with Gasteiger partial charge in [-0.1, -0.05) is 11.5 Å². The molecule has 0 aromatic heterocycles. The molecule has 1 nitrogen and oxygen atoms in total. The number of hydrogen-bond donors (Lipinski definition) is 1. The number of anilines is 1. The first-order valence-electron chi connectivity index (χ1n) is 2.71. The Morgan fingerprint density at radius 2 is 2.00 bits per heavy atom.